The van der Waals surface area contributed by atoms with Crippen LogP contribution in [0, 0.1) is 6.92 Å². The molecule has 0 saturated carbocycles. The minimum absolute atomic E-state index is 0.408. The SMILES string of the molecule is Cc1ccc(Cl)c(Oc2ccncc2CNC(C)C)c1. The van der Waals surface area contributed by atoms with Crippen LogP contribution in [0.2, 0.25) is 5.02 Å². The van der Waals surface area contributed by atoms with Gasteiger partial charge in [-0.05, 0) is 30.7 Å². The number of nitrogens with zero attached hydrogens (tertiary/aromatic N) is 1. The zero-order valence-electron chi connectivity index (χ0n) is 12.0. The second-order valence-corrected chi connectivity index (χ2v) is 5.46. The van der Waals surface area contributed by atoms with Crippen molar-refractivity contribution in [1.29, 1.82) is 0 Å². The average Bonchev–Trinajstić information content (AvgIpc) is 2.42. The molecule has 20 heavy (non-hydrogen) atoms. The largest absolute Gasteiger partial charge is 0.455 e. The molecule has 0 atom stereocenters. The molecule has 0 amide bonds. The zero-order valence-corrected chi connectivity index (χ0v) is 12.7. The minimum atomic E-state index is 0.408. The fourth-order valence-electron chi connectivity index (χ4n) is 1.77. The Labute approximate surface area is 124 Å². The molecule has 1 aromatic carbocycles. The van der Waals surface area contributed by atoms with E-state index in [1.165, 1.54) is 0 Å². The van der Waals surface area contributed by atoms with Crippen LogP contribution in [-0.2, 0) is 6.54 Å². The van der Waals surface area contributed by atoms with Crippen molar-refractivity contribution in [3.8, 4) is 11.5 Å². The average molecular weight is 291 g/mol. The third-order valence-electron chi connectivity index (χ3n) is 2.87. The van der Waals surface area contributed by atoms with Gasteiger partial charge >= 0.3 is 0 Å². The molecule has 1 aromatic heterocycles. The van der Waals surface area contributed by atoms with Crippen LogP contribution in [0.3, 0.4) is 0 Å². The molecule has 2 aromatic rings. The standard InChI is InChI=1S/C16H19ClN2O/c1-11(2)19-10-13-9-18-7-6-15(13)20-16-8-12(3)4-5-14(16)17/h4-9,11,19H,10H2,1-3H3. The molecule has 0 saturated heterocycles. The Morgan fingerprint density at radius 2 is 2.05 bits per heavy atom. The number of halogens is 1. The molecule has 0 radical (unpaired) electrons. The van der Waals surface area contributed by atoms with Gasteiger partial charge in [-0.2, -0.15) is 0 Å². The van der Waals surface area contributed by atoms with Crippen LogP contribution in [0.1, 0.15) is 25.0 Å². The molecule has 4 heteroatoms. The van der Waals surface area contributed by atoms with E-state index in [-0.39, 0.29) is 0 Å². The van der Waals surface area contributed by atoms with Gasteiger partial charge in [0.15, 0.2) is 0 Å². The number of aromatic nitrogens is 1. The highest BCUT2D eigenvalue weighted by atomic mass is 35.5. The number of hydrogen-bond acceptors (Lipinski definition) is 3. The molecule has 0 fully saturated rings. The van der Waals surface area contributed by atoms with Gasteiger partial charge in [0.05, 0.1) is 5.02 Å². The summed E-state index contributed by atoms with van der Waals surface area (Å²) in [6.45, 7) is 6.93. The Balaban J connectivity index is 2.22. The summed E-state index contributed by atoms with van der Waals surface area (Å²) >= 11 is 6.17. The van der Waals surface area contributed by atoms with Crippen LogP contribution in [0.5, 0.6) is 11.5 Å². The van der Waals surface area contributed by atoms with Crippen molar-refractivity contribution in [2.24, 2.45) is 0 Å². The summed E-state index contributed by atoms with van der Waals surface area (Å²) in [6, 6.07) is 8.01. The molecule has 106 valence electrons. The molecule has 0 aliphatic carbocycles. The van der Waals surface area contributed by atoms with Gasteiger partial charge in [-0.25, -0.2) is 0 Å². The Morgan fingerprint density at radius 3 is 2.80 bits per heavy atom. The van der Waals surface area contributed by atoms with Crippen molar-refractivity contribution in [3.05, 3.63) is 52.8 Å². The molecular weight excluding hydrogens is 272 g/mol. The van der Waals surface area contributed by atoms with E-state index in [0.29, 0.717) is 23.4 Å². The maximum atomic E-state index is 6.17. The highest BCUT2D eigenvalue weighted by molar-refractivity contribution is 6.32. The van der Waals surface area contributed by atoms with Gasteiger partial charge in [-0.15, -0.1) is 0 Å². The smallest absolute Gasteiger partial charge is 0.146 e. The lowest BCUT2D eigenvalue weighted by Crippen LogP contribution is -2.22. The molecular formula is C16H19ClN2O. The number of rotatable bonds is 5. The molecule has 0 unspecified atom stereocenters. The van der Waals surface area contributed by atoms with Crippen LogP contribution >= 0.6 is 11.6 Å². The Kier molecular flexibility index (Phi) is 4.99. The van der Waals surface area contributed by atoms with E-state index in [1.54, 1.807) is 6.20 Å². The molecule has 3 nitrogen and oxygen atoms in total. The predicted molar refractivity (Wildman–Crippen MR) is 82.5 cm³/mol. The summed E-state index contributed by atoms with van der Waals surface area (Å²) in [4.78, 5) is 4.15. The summed E-state index contributed by atoms with van der Waals surface area (Å²) in [5, 5.41) is 3.97. The van der Waals surface area contributed by atoms with E-state index in [4.69, 9.17) is 16.3 Å². The number of ether oxygens (including phenoxy) is 1. The van der Waals surface area contributed by atoms with E-state index in [2.05, 4.69) is 24.1 Å². The van der Waals surface area contributed by atoms with Crippen molar-refractivity contribution in [1.82, 2.24) is 10.3 Å². The third kappa shape index (κ3) is 3.95. The molecule has 0 bridgehead atoms. The van der Waals surface area contributed by atoms with Crippen LogP contribution in [0.25, 0.3) is 0 Å². The van der Waals surface area contributed by atoms with E-state index in [0.717, 1.165) is 16.9 Å². The monoisotopic (exact) mass is 290 g/mol. The Hall–Kier alpha value is -1.58. The lowest BCUT2D eigenvalue weighted by atomic mass is 10.2. The van der Waals surface area contributed by atoms with Gasteiger partial charge in [0.2, 0.25) is 0 Å². The van der Waals surface area contributed by atoms with Gasteiger partial charge in [-0.3, -0.25) is 4.98 Å². The van der Waals surface area contributed by atoms with Gasteiger partial charge < -0.3 is 10.1 Å². The van der Waals surface area contributed by atoms with Crippen LogP contribution < -0.4 is 10.1 Å². The lowest BCUT2D eigenvalue weighted by molar-refractivity contribution is 0.468. The number of hydrogen-bond donors (Lipinski definition) is 1. The fourth-order valence-corrected chi connectivity index (χ4v) is 1.92. The molecule has 1 heterocycles. The molecule has 0 spiro atoms. The van der Waals surface area contributed by atoms with E-state index < -0.39 is 0 Å². The summed E-state index contributed by atoms with van der Waals surface area (Å²) in [7, 11) is 0. The van der Waals surface area contributed by atoms with Gasteiger partial charge in [-0.1, -0.05) is 31.5 Å². The highest BCUT2D eigenvalue weighted by Gasteiger charge is 2.08. The van der Waals surface area contributed by atoms with Crippen LogP contribution in [0.4, 0.5) is 0 Å². The van der Waals surface area contributed by atoms with Gasteiger partial charge in [0.1, 0.15) is 11.5 Å². The maximum absolute atomic E-state index is 6.17. The summed E-state index contributed by atoms with van der Waals surface area (Å²) in [5.74, 6) is 1.45. The fraction of sp³-hybridized carbons (Fsp3) is 0.312. The number of nitrogens with one attached hydrogen (secondary N) is 1. The molecule has 0 aliphatic heterocycles. The first-order valence-corrected chi connectivity index (χ1v) is 7.04. The second kappa shape index (κ2) is 6.73. The number of aryl methyl sites for hydroxylation is 1. The van der Waals surface area contributed by atoms with E-state index in [9.17, 15) is 0 Å². The quantitative estimate of drug-likeness (QED) is 0.890. The van der Waals surface area contributed by atoms with Crippen LogP contribution in [0.15, 0.2) is 36.7 Å². The lowest BCUT2D eigenvalue weighted by Gasteiger charge is -2.14. The Morgan fingerprint density at radius 1 is 1.25 bits per heavy atom. The summed E-state index contributed by atoms with van der Waals surface area (Å²) in [5.41, 5.74) is 2.12. The van der Waals surface area contributed by atoms with Crippen LogP contribution in [-0.4, -0.2) is 11.0 Å². The van der Waals surface area contributed by atoms with E-state index >= 15 is 0 Å². The molecule has 2 rings (SSSR count). The van der Waals surface area contributed by atoms with E-state index in [1.807, 2.05) is 37.4 Å². The molecule has 0 aliphatic rings. The highest BCUT2D eigenvalue weighted by Crippen LogP contribution is 2.31. The zero-order chi connectivity index (χ0) is 14.5. The number of pyridine rings is 1. The number of benzene rings is 1. The third-order valence-corrected chi connectivity index (χ3v) is 3.18. The van der Waals surface area contributed by atoms with Crippen molar-refractivity contribution in [3.63, 3.8) is 0 Å². The van der Waals surface area contributed by atoms with Crippen molar-refractivity contribution >= 4 is 11.6 Å². The summed E-state index contributed by atoms with van der Waals surface area (Å²) in [6.07, 6.45) is 3.53. The van der Waals surface area contributed by atoms with Gasteiger partial charge in [0.25, 0.3) is 0 Å². The van der Waals surface area contributed by atoms with Crippen molar-refractivity contribution < 1.29 is 4.74 Å². The summed E-state index contributed by atoms with van der Waals surface area (Å²) < 4.78 is 5.94. The Bertz CT molecular complexity index is 584. The first-order chi connectivity index (χ1) is 9.56. The second-order valence-electron chi connectivity index (χ2n) is 5.05. The molecule has 1 N–H and O–H groups in total. The normalized spacial score (nSPS) is 10.8. The maximum Gasteiger partial charge on any atom is 0.146 e. The van der Waals surface area contributed by atoms with Crippen molar-refractivity contribution in [2.45, 2.75) is 33.4 Å². The predicted octanol–water partition coefficient (Wildman–Crippen LogP) is 4.33. The topological polar surface area (TPSA) is 34.1 Å². The van der Waals surface area contributed by atoms with Gasteiger partial charge in [0, 0.05) is 30.5 Å². The first kappa shape index (κ1) is 14.8. The first-order valence-electron chi connectivity index (χ1n) is 6.66. The minimum Gasteiger partial charge on any atom is -0.455 e. The van der Waals surface area contributed by atoms with Crippen molar-refractivity contribution in [2.75, 3.05) is 0 Å².